The van der Waals surface area contributed by atoms with Gasteiger partial charge >= 0.3 is 13.7 Å². The van der Waals surface area contributed by atoms with Crippen molar-refractivity contribution in [3.63, 3.8) is 0 Å². The summed E-state index contributed by atoms with van der Waals surface area (Å²) in [6.07, 6.45) is -1.72. The third kappa shape index (κ3) is 5.15. The second-order valence-corrected chi connectivity index (χ2v) is 11.6. The molecule has 0 radical (unpaired) electrons. The van der Waals surface area contributed by atoms with Gasteiger partial charge in [-0.1, -0.05) is 38.5 Å². The van der Waals surface area contributed by atoms with Gasteiger partial charge in [-0.25, -0.2) is 9.55 Å². The number of carbonyl (C=O) groups excluding carboxylic acids is 1. The molecule has 1 saturated heterocycles. The number of esters is 1. The predicted molar refractivity (Wildman–Crippen MR) is 138 cm³/mol. The van der Waals surface area contributed by atoms with E-state index in [9.17, 15) is 19.6 Å². The van der Waals surface area contributed by atoms with Gasteiger partial charge in [-0.3, -0.25) is 13.9 Å². The van der Waals surface area contributed by atoms with Crippen LogP contribution in [-0.2, 0) is 23.4 Å². The molecule has 0 amide bonds. The molecule has 212 valence electrons. The van der Waals surface area contributed by atoms with E-state index in [1.54, 1.807) is 37.3 Å². The van der Waals surface area contributed by atoms with Gasteiger partial charge in [-0.2, -0.15) is 10.1 Å². The summed E-state index contributed by atoms with van der Waals surface area (Å²) >= 11 is 0. The molecule has 3 unspecified atom stereocenters. The van der Waals surface area contributed by atoms with Gasteiger partial charge < -0.3 is 35.3 Å². The maximum absolute atomic E-state index is 13.9. The maximum atomic E-state index is 13.9. The molecule has 1 aromatic heterocycles. The van der Waals surface area contributed by atoms with Crippen molar-refractivity contribution >= 4 is 25.5 Å². The van der Waals surface area contributed by atoms with Gasteiger partial charge in [0.25, 0.3) is 0 Å². The van der Waals surface area contributed by atoms with Crippen molar-refractivity contribution in [2.24, 2.45) is 16.1 Å². The first kappa shape index (κ1) is 27.6. The molecule has 2 fully saturated rings. The lowest BCUT2D eigenvalue weighted by Gasteiger charge is -2.28. The van der Waals surface area contributed by atoms with Crippen molar-refractivity contribution < 1.29 is 38.1 Å². The van der Waals surface area contributed by atoms with Gasteiger partial charge in [0.15, 0.2) is 24.2 Å². The Bertz CT molecular complexity index is 1290. The first-order chi connectivity index (χ1) is 18.6. The van der Waals surface area contributed by atoms with E-state index >= 15 is 0 Å². The SMILES string of the molecule is CCCCOC(=O)[C@@H](C)NP(=O)(Oc1ccccc1)OC1[C@H]2O[C@@H](n3cnc4c3N=C(N)NC4O)[C@H](O)[C@@]12C. The monoisotopic (exact) mass is 564 g/mol. The highest BCUT2D eigenvalue weighted by atomic mass is 31.2. The van der Waals surface area contributed by atoms with E-state index in [0.29, 0.717) is 6.42 Å². The number of imidazole rings is 1. The maximum Gasteiger partial charge on any atom is 0.459 e. The molecule has 3 aliphatic rings. The summed E-state index contributed by atoms with van der Waals surface area (Å²) in [7, 11) is -4.16. The number of hydrogen-bond acceptors (Lipinski definition) is 12. The zero-order valence-corrected chi connectivity index (χ0v) is 22.7. The minimum absolute atomic E-state index is 0.00534. The molecule has 1 aliphatic carbocycles. The average molecular weight is 565 g/mol. The standard InChI is InChI=1S/C24H33N6O8P/c1-4-5-11-35-22(33)13(2)29-39(34,37-14-9-7-6-8-10-14)38-18-17-24(18,3)16(31)21(36-17)30-12-26-15-19(30)27-23(25)28-20(15)32/h6-10,12-13,16-18,20-21,31-32H,4-5,11H2,1-3H3,(H,29,34)(H3,25,27,28)/t13-,16+,17-,18?,20?,21-,24-,39?/m1/s1. The smallest absolute Gasteiger partial charge is 0.459 e. The van der Waals surface area contributed by atoms with Crippen LogP contribution >= 0.6 is 7.75 Å². The van der Waals surface area contributed by atoms with E-state index < -0.39 is 55.9 Å². The van der Waals surface area contributed by atoms with E-state index in [2.05, 4.69) is 20.4 Å². The highest BCUT2D eigenvalue weighted by molar-refractivity contribution is 7.52. The van der Waals surface area contributed by atoms with E-state index in [-0.39, 0.29) is 29.8 Å². The summed E-state index contributed by atoms with van der Waals surface area (Å²) in [6.45, 7) is 5.47. The van der Waals surface area contributed by atoms with Crippen LogP contribution in [0.5, 0.6) is 5.75 Å². The number of fused-ring (bicyclic) bond motifs is 2. The summed E-state index contributed by atoms with van der Waals surface area (Å²) in [5.74, 6) is -0.0821. The van der Waals surface area contributed by atoms with Crippen LogP contribution in [-0.4, -0.2) is 62.7 Å². The van der Waals surface area contributed by atoms with Crippen molar-refractivity contribution in [2.75, 3.05) is 6.61 Å². The fourth-order valence-electron chi connectivity index (χ4n) is 4.72. The zero-order valence-electron chi connectivity index (χ0n) is 21.8. The molecule has 0 bridgehead atoms. The van der Waals surface area contributed by atoms with Gasteiger partial charge in [0.2, 0.25) is 0 Å². The van der Waals surface area contributed by atoms with Gasteiger partial charge in [0.1, 0.15) is 29.7 Å². The zero-order chi connectivity index (χ0) is 27.9. The molecular weight excluding hydrogens is 531 g/mol. The molecule has 0 spiro atoms. The Hall–Kier alpha value is -3.00. The van der Waals surface area contributed by atoms with Crippen molar-refractivity contribution in [3.05, 3.63) is 42.4 Å². The number of nitrogens with zero attached hydrogens (tertiary/aromatic N) is 3. The van der Waals surface area contributed by atoms with Crippen LogP contribution in [0.25, 0.3) is 0 Å². The normalized spacial score (nSPS) is 31.2. The summed E-state index contributed by atoms with van der Waals surface area (Å²) < 4.78 is 38.5. The molecule has 1 aromatic carbocycles. The van der Waals surface area contributed by atoms with Crippen molar-refractivity contribution in [1.29, 1.82) is 0 Å². The Kier molecular flexibility index (Phi) is 7.44. The number of benzene rings is 1. The molecule has 39 heavy (non-hydrogen) atoms. The molecule has 1 saturated carbocycles. The van der Waals surface area contributed by atoms with Crippen LogP contribution in [0.3, 0.4) is 0 Å². The van der Waals surface area contributed by atoms with Crippen molar-refractivity contribution in [1.82, 2.24) is 20.0 Å². The molecule has 6 N–H and O–H groups in total. The van der Waals surface area contributed by atoms with E-state index in [1.165, 1.54) is 17.8 Å². The summed E-state index contributed by atoms with van der Waals surface area (Å²) in [6, 6.07) is 7.41. The highest BCUT2D eigenvalue weighted by Crippen LogP contribution is 2.66. The van der Waals surface area contributed by atoms with Crippen LogP contribution in [0.4, 0.5) is 5.82 Å². The first-order valence-corrected chi connectivity index (χ1v) is 14.3. The fraction of sp³-hybridized carbons (Fsp3) is 0.542. The summed E-state index contributed by atoms with van der Waals surface area (Å²) in [5, 5.41) is 26.7. The summed E-state index contributed by atoms with van der Waals surface area (Å²) in [5.41, 5.74) is 5.01. The minimum atomic E-state index is -4.16. The average Bonchev–Trinajstić information content (AvgIpc) is 3.15. The van der Waals surface area contributed by atoms with Crippen LogP contribution in [0.15, 0.2) is 41.7 Å². The third-order valence-electron chi connectivity index (χ3n) is 7.09. The number of aliphatic hydroxyl groups is 2. The quantitative estimate of drug-likeness (QED) is 0.151. The lowest BCUT2D eigenvalue weighted by Crippen LogP contribution is -2.38. The predicted octanol–water partition coefficient (Wildman–Crippen LogP) is 1.60. The number of guanidine groups is 1. The van der Waals surface area contributed by atoms with Crippen LogP contribution in [0.2, 0.25) is 0 Å². The van der Waals surface area contributed by atoms with Gasteiger partial charge in [-0.15, -0.1) is 0 Å². The number of ether oxygens (including phenoxy) is 2. The lowest BCUT2D eigenvalue weighted by atomic mass is 10.0. The number of aromatic nitrogens is 2. The molecule has 15 heteroatoms. The van der Waals surface area contributed by atoms with Crippen molar-refractivity contribution in [3.8, 4) is 5.75 Å². The Morgan fingerprint density at radius 1 is 1.36 bits per heavy atom. The number of aliphatic imine (C=N–C) groups is 1. The molecule has 5 rings (SSSR count). The first-order valence-electron chi connectivity index (χ1n) is 12.7. The molecule has 2 aromatic rings. The molecule has 3 heterocycles. The molecule has 14 nitrogen and oxygen atoms in total. The summed E-state index contributed by atoms with van der Waals surface area (Å²) in [4.78, 5) is 20.8. The van der Waals surface area contributed by atoms with Crippen LogP contribution in [0.1, 0.15) is 51.8 Å². The Balaban J connectivity index is 1.32. The topological polar surface area (TPSA) is 192 Å². The Morgan fingerprint density at radius 2 is 2.10 bits per heavy atom. The van der Waals surface area contributed by atoms with Crippen molar-refractivity contribution in [2.45, 2.75) is 70.4 Å². The van der Waals surface area contributed by atoms with Gasteiger partial charge in [0, 0.05) is 0 Å². The number of unbranched alkanes of at least 4 members (excludes halogenated alkanes) is 1. The number of para-hydroxylation sites is 1. The lowest BCUT2D eigenvalue weighted by molar-refractivity contribution is -0.145. The number of hydrogen-bond donors (Lipinski definition) is 5. The third-order valence-corrected chi connectivity index (χ3v) is 8.75. The largest absolute Gasteiger partial charge is 0.465 e. The highest BCUT2D eigenvalue weighted by Gasteiger charge is 2.76. The Labute approximate surface area is 225 Å². The van der Waals surface area contributed by atoms with E-state index in [0.717, 1.165) is 6.42 Å². The van der Waals surface area contributed by atoms with E-state index in [4.69, 9.17) is 24.3 Å². The number of rotatable bonds is 11. The van der Waals surface area contributed by atoms with Gasteiger partial charge in [0.05, 0.1) is 24.5 Å². The number of nitrogens with one attached hydrogen (secondary N) is 2. The van der Waals surface area contributed by atoms with E-state index in [1.807, 2.05) is 6.92 Å². The molecule has 2 aliphatic heterocycles. The second-order valence-electron chi connectivity index (χ2n) is 9.96. The second kappa shape index (κ2) is 10.5. The van der Waals surface area contributed by atoms with Crippen LogP contribution < -0.4 is 20.7 Å². The minimum Gasteiger partial charge on any atom is -0.465 e. The molecule has 8 atom stereocenters. The number of aliphatic hydroxyl groups excluding tert-OH is 2. The molecular formula is C24H33N6O8P. The van der Waals surface area contributed by atoms with Gasteiger partial charge in [-0.05, 0) is 25.5 Å². The fourth-order valence-corrected chi connectivity index (χ4v) is 6.50. The number of carbonyl (C=O) groups is 1. The number of nitrogens with two attached hydrogens (primary N) is 1. The Morgan fingerprint density at radius 3 is 2.77 bits per heavy atom. The van der Waals surface area contributed by atoms with Crippen LogP contribution in [0, 0.1) is 5.41 Å².